The van der Waals surface area contributed by atoms with E-state index in [1.54, 1.807) is 0 Å². The number of aromatic hydroxyl groups is 1. The van der Waals surface area contributed by atoms with Crippen molar-refractivity contribution in [3.8, 4) is 5.75 Å². The highest BCUT2D eigenvalue weighted by Gasteiger charge is 2.34. The van der Waals surface area contributed by atoms with Gasteiger partial charge in [0.2, 0.25) is 0 Å². The molecule has 4 rings (SSSR count). The minimum absolute atomic E-state index is 0.0335. The Morgan fingerprint density at radius 3 is 1.35 bits per heavy atom. The number of hydrogen-bond donors (Lipinski definition) is 1. The second-order valence-corrected chi connectivity index (χ2v) is 13.0. The third-order valence-electron chi connectivity index (χ3n) is 9.67. The van der Waals surface area contributed by atoms with Crippen LogP contribution in [0.15, 0.2) is 12.1 Å². The number of phenols is 1. The molecule has 4 heteroatoms. The van der Waals surface area contributed by atoms with E-state index in [4.69, 9.17) is 14.2 Å². The number of benzene rings is 1. The summed E-state index contributed by atoms with van der Waals surface area (Å²) < 4.78 is 21.0. The Bertz CT molecular complexity index is 835. The normalized spacial score (nSPS) is 22.3. The molecule has 40 heavy (non-hydrogen) atoms. The molecule has 0 amide bonds. The molecule has 3 saturated carbocycles. The Labute approximate surface area is 245 Å². The van der Waals surface area contributed by atoms with E-state index in [0.717, 1.165) is 69.8 Å². The second kappa shape index (κ2) is 17.1. The van der Waals surface area contributed by atoms with E-state index >= 15 is 0 Å². The predicted molar refractivity (Wildman–Crippen MR) is 165 cm³/mol. The van der Waals surface area contributed by atoms with Crippen LogP contribution in [0.1, 0.15) is 191 Å². The van der Waals surface area contributed by atoms with Crippen molar-refractivity contribution in [3.05, 3.63) is 28.8 Å². The first-order chi connectivity index (χ1) is 19.6. The minimum Gasteiger partial charge on any atom is -0.508 e. The third-order valence-corrected chi connectivity index (χ3v) is 9.67. The fourth-order valence-corrected chi connectivity index (χ4v) is 7.57. The van der Waals surface area contributed by atoms with Gasteiger partial charge in [0, 0.05) is 5.56 Å². The van der Waals surface area contributed by atoms with Crippen molar-refractivity contribution in [1.29, 1.82) is 0 Å². The highest BCUT2D eigenvalue weighted by atomic mass is 16.5. The quantitative estimate of drug-likeness (QED) is 0.233. The van der Waals surface area contributed by atoms with E-state index in [2.05, 4.69) is 26.8 Å². The third kappa shape index (κ3) is 8.95. The van der Waals surface area contributed by atoms with Gasteiger partial charge >= 0.3 is 0 Å². The molecule has 0 aliphatic heterocycles. The van der Waals surface area contributed by atoms with Crippen LogP contribution in [0.2, 0.25) is 0 Å². The van der Waals surface area contributed by atoms with Crippen molar-refractivity contribution < 1.29 is 19.3 Å². The average molecular weight is 557 g/mol. The summed E-state index contributed by atoms with van der Waals surface area (Å²) in [7, 11) is 0. The molecule has 0 bridgehead atoms. The molecule has 0 heterocycles. The van der Waals surface area contributed by atoms with E-state index in [1.807, 2.05) is 6.07 Å². The lowest BCUT2D eigenvalue weighted by molar-refractivity contribution is -0.0549. The van der Waals surface area contributed by atoms with Crippen LogP contribution in [0.25, 0.3) is 0 Å². The van der Waals surface area contributed by atoms with E-state index < -0.39 is 0 Å². The lowest BCUT2D eigenvalue weighted by Gasteiger charge is -2.36. The van der Waals surface area contributed by atoms with E-state index in [-0.39, 0.29) is 24.4 Å². The summed E-state index contributed by atoms with van der Waals surface area (Å²) in [5.41, 5.74) is 3.46. The topological polar surface area (TPSA) is 47.9 Å². The summed E-state index contributed by atoms with van der Waals surface area (Å²) in [5.74, 6) is 0.384. The van der Waals surface area contributed by atoms with Crippen molar-refractivity contribution in [1.82, 2.24) is 0 Å². The Morgan fingerprint density at radius 2 is 0.925 bits per heavy atom. The van der Waals surface area contributed by atoms with Gasteiger partial charge in [0.1, 0.15) is 5.75 Å². The van der Waals surface area contributed by atoms with Crippen LogP contribution >= 0.6 is 0 Å². The Kier molecular flexibility index (Phi) is 13.6. The first-order valence-electron chi connectivity index (χ1n) is 17.5. The second-order valence-electron chi connectivity index (χ2n) is 13.0. The summed E-state index contributed by atoms with van der Waals surface area (Å²) in [6.45, 7) is 6.78. The van der Waals surface area contributed by atoms with Gasteiger partial charge in [-0.25, -0.2) is 0 Å². The maximum atomic E-state index is 11.6. The molecule has 3 fully saturated rings. The molecule has 228 valence electrons. The summed E-state index contributed by atoms with van der Waals surface area (Å²) in [6.07, 6.45) is 25.3. The molecule has 0 aromatic heterocycles. The summed E-state index contributed by atoms with van der Waals surface area (Å²) in [6, 6.07) is 4.12. The van der Waals surface area contributed by atoms with Gasteiger partial charge in [-0.15, -0.1) is 0 Å². The molecule has 4 nitrogen and oxygen atoms in total. The summed E-state index contributed by atoms with van der Waals surface area (Å²) >= 11 is 0. The van der Waals surface area contributed by atoms with Gasteiger partial charge in [-0.1, -0.05) is 104 Å². The maximum absolute atomic E-state index is 11.6. The molecular formula is C36H60O4. The maximum Gasteiger partial charge on any atom is 0.121 e. The largest absolute Gasteiger partial charge is 0.508 e. The molecule has 1 N–H and O–H groups in total. The first-order valence-corrected chi connectivity index (χ1v) is 17.5. The highest BCUT2D eigenvalue weighted by molar-refractivity contribution is 5.48. The number of phenolic OH excluding ortho intramolecular Hbond substituents is 1. The number of hydrogen-bond acceptors (Lipinski definition) is 4. The molecule has 3 atom stereocenters. The van der Waals surface area contributed by atoms with Gasteiger partial charge in [-0.3, -0.25) is 0 Å². The zero-order valence-corrected chi connectivity index (χ0v) is 26.1. The lowest BCUT2D eigenvalue weighted by atomic mass is 9.85. The first kappa shape index (κ1) is 31.8. The van der Waals surface area contributed by atoms with Crippen LogP contribution in [0.4, 0.5) is 0 Å². The SMILES string of the molecule is CCCC(OC1CCCCC1)c1ccc(O)c(C(CCC)OC2CCCCC2)c1C(CCC)OC1CCCCC1. The van der Waals surface area contributed by atoms with Gasteiger partial charge in [-0.2, -0.15) is 0 Å². The monoisotopic (exact) mass is 556 g/mol. The van der Waals surface area contributed by atoms with Gasteiger partial charge in [0.05, 0.1) is 36.6 Å². The van der Waals surface area contributed by atoms with Gasteiger partial charge in [-0.05, 0) is 75.0 Å². The molecule has 0 radical (unpaired) electrons. The van der Waals surface area contributed by atoms with Crippen LogP contribution in [0, 0.1) is 0 Å². The molecule has 3 aliphatic rings. The fraction of sp³-hybridized carbons (Fsp3) is 0.833. The van der Waals surface area contributed by atoms with Gasteiger partial charge in [0.15, 0.2) is 0 Å². The Balaban J connectivity index is 1.77. The van der Waals surface area contributed by atoms with E-state index in [0.29, 0.717) is 18.0 Å². The van der Waals surface area contributed by atoms with Crippen LogP contribution < -0.4 is 0 Å². The van der Waals surface area contributed by atoms with Crippen molar-refractivity contribution in [2.45, 2.75) is 192 Å². The molecule has 3 unspecified atom stereocenters. The van der Waals surface area contributed by atoms with E-state index in [9.17, 15) is 5.11 Å². The zero-order chi connectivity index (χ0) is 28.2. The van der Waals surface area contributed by atoms with Crippen LogP contribution in [-0.4, -0.2) is 23.4 Å². The van der Waals surface area contributed by atoms with Crippen molar-refractivity contribution >= 4 is 0 Å². The standard InChI is InChI=1S/C36H60O4/c1-4-16-32(38-27-19-10-7-11-20-27)30-25-26-31(37)36(34(18-6-3)40-29-23-14-9-15-24-29)35(30)33(17-5-2)39-28-21-12-8-13-22-28/h25-29,32-34,37H,4-24H2,1-3H3. The van der Waals surface area contributed by atoms with Crippen molar-refractivity contribution in [2.75, 3.05) is 0 Å². The highest BCUT2D eigenvalue weighted by Crippen LogP contribution is 2.46. The minimum atomic E-state index is -0.102. The molecule has 0 spiro atoms. The average Bonchev–Trinajstić information content (AvgIpc) is 2.98. The fourth-order valence-electron chi connectivity index (χ4n) is 7.57. The smallest absolute Gasteiger partial charge is 0.121 e. The molecule has 1 aromatic carbocycles. The molecular weight excluding hydrogens is 496 g/mol. The van der Waals surface area contributed by atoms with Crippen molar-refractivity contribution in [2.24, 2.45) is 0 Å². The Morgan fingerprint density at radius 1 is 0.550 bits per heavy atom. The van der Waals surface area contributed by atoms with E-state index in [1.165, 1.54) is 81.8 Å². The van der Waals surface area contributed by atoms with Gasteiger partial charge in [0.25, 0.3) is 0 Å². The van der Waals surface area contributed by atoms with Gasteiger partial charge < -0.3 is 19.3 Å². The predicted octanol–water partition coefficient (Wildman–Crippen LogP) is 11.0. The van der Waals surface area contributed by atoms with Crippen LogP contribution in [0.5, 0.6) is 5.75 Å². The Hall–Kier alpha value is -1.10. The van der Waals surface area contributed by atoms with Crippen molar-refractivity contribution in [3.63, 3.8) is 0 Å². The molecule has 1 aromatic rings. The summed E-state index contributed by atoms with van der Waals surface area (Å²) in [5, 5.41) is 11.6. The number of rotatable bonds is 15. The zero-order valence-electron chi connectivity index (χ0n) is 26.1. The summed E-state index contributed by atoms with van der Waals surface area (Å²) in [4.78, 5) is 0. The lowest BCUT2D eigenvalue weighted by Crippen LogP contribution is -2.26. The van der Waals surface area contributed by atoms with Crippen LogP contribution in [0.3, 0.4) is 0 Å². The molecule has 0 saturated heterocycles. The van der Waals surface area contributed by atoms with Crippen LogP contribution in [-0.2, 0) is 14.2 Å². The molecule has 3 aliphatic carbocycles. The number of ether oxygens (including phenoxy) is 3.